The molecule has 0 aromatic carbocycles. The Labute approximate surface area is 179 Å². The molecule has 6 rings (SSSR count). The number of pyridine rings is 2. The number of rotatable bonds is 4. The molecule has 4 aromatic heterocycles. The number of H-pyrrole nitrogens is 1. The minimum Gasteiger partial charge on any atom is -0.491 e. The monoisotopic (exact) mass is 420 g/mol. The average molecular weight is 420 g/mol. The smallest absolute Gasteiger partial charge is 0.282 e. The van der Waals surface area contributed by atoms with Crippen LogP contribution in [0.15, 0.2) is 43.0 Å². The number of hydrogen-bond acceptors (Lipinski definition) is 6. The Morgan fingerprint density at radius 1 is 1.26 bits per heavy atom. The van der Waals surface area contributed by atoms with Crippen molar-refractivity contribution in [3.05, 3.63) is 43.0 Å². The van der Waals surface area contributed by atoms with Crippen LogP contribution in [0.1, 0.15) is 6.92 Å². The molecule has 6 heterocycles. The van der Waals surface area contributed by atoms with Gasteiger partial charge < -0.3 is 14.4 Å². The Kier molecular flexibility index (Phi) is 4.32. The van der Waals surface area contributed by atoms with E-state index in [-0.39, 0.29) is 0 Å². The van der Waals surface area contributed by atoms with E-state index in [1.807, 2.05) is 33.6 Å². The molecule has 0 bridgehead atoms. The number of piperazine rings is 1. The Morgan fingerprint density at radius 3 is 2.94 bits per heavy atom. The highest BCUT2D eigenvalue weighted by Gasteiger charge is 2.32. The van der Waals surface area contributed by atoms with E-state index in [4.69, 9.17) is 14.5 Å². The molecular weight excluding hydrogens is 394 g/mol. The lowest BCUT2D eigenvalue weighted by molar-refractivity contribution is -0.572. The van der Waals surface area contributed by atoms with Crippen LogP contribution in [0.25, 0.3) is 22.4 Å². The van der Waals surface area contributed by atoms with Crippen molar-refractivity contribution in [2.45, 2.75) is 19.0 Å². The van der Waals surface area contributed by atoms with Gasteiger partial charge in [0.2, 0.25) is 12.1 Å². The number of anilines is 1. The molecule has 0 spiro atoms. The molecular formula is C22H26N7O2+. The number of methoxy groups -OCH3 is 1. The van der Waals surface area contributed by atoms with Crippen LogP contribution in [0.3, 0.4) is 0 Å². The van der Waals surface area contributed by atoms with Gasteiger partial charge in [0, 0.05) is 37.1 Å². The normalized spacial score (nSPS) is 20.5. The Hall–Kier alpha value is -3.17. The van der Waals surface area contributed by atoms with Crippen molar-refractivity contribution in [2.24, 2.45) is 0 Å². The number of nitrogens with one attached hydrogen (secondary N) is 1. The van der Waals surface area contributed by atoms with E-state index < -0.39 is 0 Å². The van der Waals surface area contributed by atoms with Crippen LogP contribution in [0.2, 0.25) is 0 Å². The minimum absolute atomic E-state index is 0.413. The van der Waals surface area contributed by atoms with Gasteiger partial charge in [0.25, 0.3) is 5.65 Å². The highest BCUT2D eigenvalue weighted by Crippen LogP contribution is 2.26. The molecule has 1 unspecified atom stereocenters. The van der Waals surface area contributed by atoms with Crippen molar-refractivity contribution in [3.8, 4) is 11.6 Å². The molecule has 0 amide bonds. The molecule has 1 atom stereocenters. The molecule has 2 fully saturated rings. The first kappa shape index (κ1) is 18.6. The standard InChI is InChI=1S/C22H26N7O2/c1-15-11-26(17-12-31-13-17)6-7-27(15)20-8-16-9-21(25-18(16)10-23-20)28-14-24-29-5-3-4-19(30-2)22(28)29/h3-5,8-10,14-15,17,25H,6-7,11-13H2,1-2H3/q+1. The van der Waals surface area contributed by atoms with Crippen LogP contribution in [-0.4, -0.2) is 76.5 Å². The number of hydrogen-bond donors (Lipinski definition) is 1. The van der Waals surface area contributed by atoms with Crippen LogP contribution < -0.4 is 14.2 Å². The first-order valence-corrected chi connectivity index (χ1v) is 10.7. The van der Waals surface area contributed by atoms with Crippen molar-refractivity contribution in [1.29, 1.82) is 0 Å². The predicted octanol–water partition coefficient (Wildman–Crippen LogP) is 1.41. The van der Waals surface area contributed by atoms with Gasteiger partial charge in [0.15, 0.2) is 5.75 Å². The number of aromatic amines is 1. The maximum atomic E-state index is 5.54. The third-order valence-corrected chi connectivity index (χ3v) is 6.48. The molecule has 2 saturated heterocycles. The summed E-state index contributed by atoms with van der Waals surface area (Å²) < 4.78 is 14.7. The summed E-state index contributed by atoms with van der Waals surface area (Å²) in [7, 11) is 1.67. The first-order valence-electron chi connectivity index (χ1n) is 10.7. The van der Waals surface area contributed by atoms with Gasteiger partial charge in [-0.05, 0) is 30.2 Å². The summed E-state index contributed by atoms with van der Waals surface area (Å²) in [5, 5.41) is 5.58. The fraction of sp³-hybridized carbons (Fsp3) is 0.409. The molecule has 0 saturated carbocycles. The molecule has 0 aliphatic carbocycles. The van der Waals surface area contributed by atoms with Gasteiger partial charge in [0.1, 0.15) is 11.3 Å². The molecule has 160 valence electrons. The van der Waals surface area contributed by atoms with Crippen LogP contribution >= 0.6 is 0 Å². The highest BCUT2D eigenvalue weighted by atomic mass is 16.5. The molecule has 2 aliphatic heterocycles. The third-order valence-electron chi connectivity index (χ3n) is 6.48. The summed E-state index contributed by atoms with van der Waals surface area (Å²) >= 11 is 0. The van der Waals surface area contributed by atoms with Gasteiger partial charge in [-0.3, -0.25) is 9.88 Å². The first-order chi connectivity index (χ1) is 15.2. The fourth-order valence-electron chi connectivity index (χ4n) is 4.67. The van der Waals surface area contributed by atoms with E-state index >= 15 is 0 Å². The van der Waals surface area contributed by atoms with Gasteiger partial charge in [0.05, 0.1) is 38.8 Å². The molecule has 1 N–H and O–H groups in total. The van der Waals surface area contributed by atoms with E-state index in [0.717, 1.165) is 66.8 Å². The summed E-state index contributed by atoms with van der Waals surface area (Å²) in [6.07, 6.45) is 5.63. The lowest BCUT2D eigenvalue weighted by atomic mass is 10.1. The zero-order valence-corrected chi connectivity index (χ0v) is 17.7. The molecule has 9 nitrogen and oxygen atoms in total. The van der Waals surface area contributed by atoms with E-state index in [0.29, 0.717) is 12.1 Å². The number of fused-ring (bicyclic) bond motifs is 2. The molecule has 0 radical (unpaired) electrons. The van der Waals surface area contributed by atoms with Gasteiger partial charge >= 0.3 is 0 Å². The van der Waals surface area contributed by atoms with Crippen LogP contribution in [0.5, 0.6) is 5.75 Å². The van der Waals surface area contributed by atoms with Crippen LogP contribution in [-0.2, 0) is 4.74 Å². The van der Waals surface area contributed by atoms with E-state index in [1.165, 1.54) is 0 Å². The summed E-state index contributed by atoms with van der Waals surface area (Å²) in [5.74, 6) is 2.72. The SMILES string of the molecule is COc1cccn2nc[n+](-c3cc4cc(N5CCN(C6COC6)CC5C)ncc4[nH]3)c12. The second-order valence-electron chi connectivity index (χ2n) is 8.36. The van der Waals surface area contributed by atoms with Gasteiger partial charge in [-0.2, -0.15) is 4.57 Å². The number of nitrogens with zero attached hydrogens (tertiary/aromatic N) is 6. The predicted molar refractivity (Wildman–Crippen MR) is 116 cm³/mol. The Morgan fingerprint density at radius 2 is 2.16 bits per heavy atom. The molecule has 4 aromatic rings. The summed E-state index contributed by atoms with van der Waals surface area (Å²) in [6.45, 7) is 7.09. The van der Waals surface area contributed by atoms with Gasteiger partial charge in [-0.25, -0.2) is 4.98 Å². The Balaban J connectivity index is 1.32. The van der Waals surface area contributed by atoms with E-state index in [9.17, 15) is 0 Å². The van der Waals surface area contributed by atoms with Crippen molar-refractivity contribution < 1.29 is 14.0 Å². The quantitative estimate of drug-likeness (QED) is 0.503. The maximum absolute atomic E-state index is 5.54. The van der Waals surface area contributed by atoms with Crippen molar-refractivity contribution >= 4 is 22.4 Å². The average Bonchev–Trinajstić information content (AvgIpc) is 3.35. The second kappa shape index (κ2) is 7.21. The fourth-order valence-corrected chi connectivity index (χ4v) is 4.67. The summed E-state index contributed by atoms with van der Waals surface area (Å²) in [6, 6.07) is 9.18. The molecule has 2 aliphatic rings. The highest BCUT2D eigenvalue weighted by molar-refractivity contribution is 5.83. The molecule has 31 heavy (non-hydrogen) atoms. The van der Waals surface area contributed by atoms with Crippen molar-refractivity contribution in [3.63, 3.8) is 0 Å². The maximum Gasteiger partial charge on any atom is 0.282 e. The minimum atomic E-state index is 0.413. The second-order valence-corrected chi connectivity index (χ2v) is 8.36. The van der Waals surface area contributed by atoms with Crippen molar-refractivity contribution in [2.75, 3.05) is 44.9 Å². The molecule has 9 heteroatoms. The lowest BCUT2D eigenvalue weighted by Crippen LogP contribution is -2.59. The lowest BCUT2D eigenvalue weighted by Gasteiger charge is -2.46. The van der Waals surface area contributed by atoms with Gasteiger partial charge in [-0.15, -0.1) is 4.52 Å². The van der Waals surface area contributed by atoms with E-state index in [1.54, 1.807) is 13.4 Å². The largest absolute Gasteiger partial charge is 0.491 e. The number of aromatic nitrogens is 5. The van der Waals surface area contributed by atoms with E-state index in [2.05, 4.69) is 38.9 Å². The van der Waals surface area contributed by atoms with Crippen LogP contribution in [0, 0.1) is 0 Å². The zero-order chi connectivity index (χ0) is 20.9. The van der Waals surface area contributed by atoms with Gasteiger partial charge in [-0.1, -0.05) is 0 Å². The van der Waals surface area contributed by atoms with Crippen LogP contribution in [0.4, 0.5) is 5.82 Å². The summed E-state index contributed by atoms with van der Waals surface area (Å²) in [5.41, 5.74) is 1.87. The third kappa shape index (κ3) is 3.03. The van der Waals surface area contributed by atoms with Crippen molar-refractivity contribution in [1.82, 2.24) is 24.5 Å². The zero-order valence-electron chi connectivity index (χ0n) is 17.7. The Bertz CT molecular complexity index is 1250. The number of ether oxygens (including phenoxy) is 2. The topological polar surface area (TPSA) is 74.8 Å². The summed E-state index contributed by atoms with van der Waals surface area (Å²) in [4.78, 5) is 13.2.